The average Bonchev–Trinajstić information content (AvgIpc) is 2.61. The Hall–Kier alpha value is -0.930. The van der Waals surface area contributed by atoms with Crippen molar-refractivity contribution in [3.05, 3.63) is 47.0 Å². The van der Waals surface area contributed by atoms with Gasteiger partial charge in [0.25, 0.3) is 0 Å². The molecule has 0 N–H and O–H groups in total. The number of nitrogens with zero attached hydrogens (tertiary/aromatic N) is 1. The molecule has 0 saturated heterocycles. The maximum absolute atomic E-state index is 5.86. The lowest BCUT2D eigenvalue weighted by atomic mass is 10.3. The van der Waals surface area contributed by atoms with Crippen molar-refractivity contribution in [1.29, 1.82) is 0 Å². The highest BCUT2D eigenvalue weighted by atomic mass is 35.5. The zero-order valence-electron chi connectivity index (χ0n) is 8.24. The van der Waals surface area contributed by atoms with Gasteiger partial charge in [0, 0.05) is 11.2 Å². The minimum absolute atomic E-state index is 0.712. The van der Waals surface area contributed by atoms with Gasteiger partial charge in [-0.2, -0.15) is 0 Å². The first kappa shape index (κ1) is 10.6. The van der Waals surface area contributed by atoms with Gasteiger partial charge in [0.2, 0.25) is 0 Å². The lowest BCUT2D eigenvalue weighted by Crippen LogP contribution is -1.82. The SMILES string of the molecule is Cc1ccoc1CSc1cc(Cl)ccn1. The van der Waals surface area contributed by atoms with Gasteiger partial charge in [0.15, 0.2) is 0 Å². The number of hydrogen-bond acceptors (Lipinski definition) is 3. The van der Waals surface area contributed by atoms with Gasteiger partial charge in [-0.25, -0.2) is 4.98 Å². The fraction of sp³-hybridized carbons (Fsp3) is 0.182. The number of rotatable bonds is 3. The van der Waals surface area contributed by atoms with E-state index in [9.17, 15) is 0 Å². The molecule has 0 aliphatic carbocycles. The van der Waals surface area contributed by atoms with Crippen LogP contribution in [0.4, 0.5) is 0 Å². The molecule has 4 heteroatoms. The van der Waals surface area contributed by atoms with Crippen molar-refractivity contribution >= 4 is 23.4 Å². The van der Waals surface area contributed by atoms with Gasteiger partial charge < -0.3 is 4.42 Å². The van der Waals surface area contributed by atoms with Crippen LogP contribution >= 0.6 is 23.4 Å². The summed E-state index contributed by atoms with van der Waals surface area (Å²) in [4.78, 5) is 4.21. The molecule has 0 atom stereocenters. The quantitative estimate of drug-likeness (QED) is 0.759. The smallest absolute Gasteiger partial charge is 0.116 e. The minimum atomic E-state index is 0.712. The molecule has 0 amide bonds. The molecular weight excluding hydrogens is 230 g/mol. The number of pyridine rings is 1. The van der Waals surface area contributed by atoms with Gasteiger partial charge in [-0.05, 0) is 30.7 Å². The molecule has 78 valence electrons. The second kappa shape index (κ2) is 4.73. The molecule has 2 nitrogen and oxygen atoms in total. The van der Waals surface area contributed by atoms with E-state index in [1.54, 1.807) is 30.3 Å². The Morgan fingerprint density at radius 1 is 1.47 bits per heavy atom. The summed E-state index contributed by atoms with van der Waals surface area (Å²) >= 11 is 7.48. The van der Waals surface area contributed by atoms with Crippen molar-refractivity contribution in [1.82, 2.24) is 4.98 Å². The van der Waals surface area contributed by atoms with E-state index >= 15 is 0 Å². The molecule has 0 saturated carbocycles. The molecule has 2 heterocycles. The fourth-order valence-electron chi connectivity index (χ4n) is 1.16. The molecule has 0 aliphatic heterocycles. The molecule has 15 heavy (non-hydrogen) atoms. The van der Waals surface area contributed by atoms with Gasteiger partial charge in [-0.15, -0.1) is 0 Å². The van der Waals surface area contributed by atoms with E-state index < -0.39 is 0 Å². The predicted molar refractivity (Wildman–Crippen MR) is 62.3 cm³/mol. The molecule has 2 aromatic heterocycles. The van der Waals surface area contributed by atoms with Crippen LogP contribution in [0.5, 0.6) is 0 Å². The molecule has 0 aromatic carbocycles. The molecule has 0 aliphatic rings. The number of halogens is 1. The van der Waals surface area contributed by atoms with Crippen molar-refractivity contribution in [2.24, 2.45) is 0 Å². The maximum atomic E-state index is 5.86. The zero-order valence-corrected chi connectivity index (χ0v) is 9.81. The zero-order chi connectivity index (χ0) is 10.7. The topological polar surface area (TPSA) is 26.0 Å². The normalized spacial score (nSPS) is 10.5. The van der Waals surface area contributed by atoms with Crippen LogP contribution in [0.15, 0.2) is 40.1 Å². The summed E-state index contributed by atoms with van der Waals surface area (Å²) in [6.45, 7) is 2.03. The Labute approximate surface area is 97.7 Å². The molecule has 0 unspecified atom stereocenters. The number of aryl methyl sites for hydroxylation is 1. The van der Waals surface area contributed by atoms with E-state index in [0.29, 0.717) is 5.02 Å². The van der Waals surface area contributed by atoms with Crippen LogP contribution in [0.25, 0.3) is 0 Å². The van der Waals surface area contributed by atoms with Gasteiger partial charge in [0.1, 0.15) is 5.76 Å². The highest BCUT2D eigenvalue weighted by Crippen LogP contribution is 2.24. The summed E-state index contributed by atoms with van der Waals surface area (Å²) in [6, 6.07) is 5.58. The summed E-state index contributed by atoms with van der Waals surface area (Å²) < 4.78 is 5.33. The van der Waals surface area contributed by atoms with E-state index in [1.165, 1.54) is 5.56 Å². The Balaban J connectivity index is 2.02. The van der Waals surface area contributed by atoms with E-state index in [4.69, 9.17) is 16.0 Å². The van der Waals surface area contributed by atoms with Crippen molar-refractivity contribution in [3.63, 3.8) is 0 Å². The first-order chi connectivity index (χ1) is 7.25. The number of aromatic nitrogens is 1. The molecule has 0 fully saturated rings. The number of hydrogen-bond donors (Lipinski definition) is 0. The Morgan fingerprint density at radius 2 is 2.33 bits per heavy atom. The molecular formula is C11H10ClNOS. The van der Waals surface area contributed by atoms with Gasteiger partial charge in [-0.3, -0.25) is 0 Å². The molecule has 2 rings (SSSR count). The maximum Gasteiger partial charge on any atom is 0.116 e. The highest BCUT2D eigenvalue weighted by molar-refractivity contribution is 7.98. The Bertz CT molecular complexity index is 455. The van der Waals surface area contributed by atoms with Crippen molar-refractivity contribution < 1.29 is 4.42 Å². The van der Waals surface area contributed by atoms with Crippen molar-refractivity contribution in [2.75, 3.05) is 0 Å². The summed E-state index contributed by atoms with van der Waals surface area (Å²) in [5.41, 5.74) is 1.17. The largest absolute Gasteiger partial charge is 0.468 e. The lowest BCUT2D eigenvalue weighted by Gasteiger charge is -1.99. The lowest BCUT2D eigenvalue weighted by molar-refractivity contribution is 0.528. The van der Waals surface area contributed by atoms with Crippen molar-refractivity contribution in [3.8, 4) is 0 Å². The third kappa shape index (κ3) is 2.76. The van der Waals surface area contributed by atoms with Crippen LogP contribution < -0.4 is 0 Å². The summed E-state index contributed by atoms with van der Waals surface area (Å²) in [5, 5.41) is 1.63. The predicted octanol–water partition coefficient (Wildman–Crippen LogP) is 3.93. The first-order valence-electron chi connectivity index (χ1n) is 4.53. The van der Waals surface area contributed by atoms with Crippen LogP contribution in [0.1, 0.15) is 11.3 Å². The third-order valence-corrected chi connectivity index (χ3v) is 3.18. The van der Waals surface area contributed by atoms with E-state index in [2.05, 4.69) is 4.98 Å². The Kier molecular flexibility index (Phi) is 3.34. The average molecular weight is 240 g/mol. The van der Waals surface area contributed by atoms with Gasteiger partial charge in [-0.1, -0.05) is 23.4 Å². The second-order valence-electron chi connectivity index (χ2n) is 3.13. The first-order valence-corrected chi connectivity index (χ1v) is 5.89. The van der Waals surface area contributed by atoms with Crippen LogP contribution in [0.3, 0.4) is 0 Å². The van der Waals surface area contributed by atoms with Crippen LogP contribution in [-0.4, -0.2) is 4.98 Å². The highest BCUT2D eigenvalue weighted by Gasteiger charge is 2.03. The van der Waals surface area contributed by atoms with E-state index in [1.807, 2.05) is 19.1 Å². The van der Waals surface area contributed by atoms with Crippen molar-refractivity contribution in [2.45, 2.75) is 17.7 Å². The number of thioether (sulfide) groups is 1. The summed E-state index contributed by atoms with van der Waals surface area (Å²) in [6.07, 6.45) is 3.41. The van der Waals surface area contributed by atoms with E-state index in [-0.39, 0.29) is 0 Å². The fourth-order valence-corrected chi connectivity index (χ4v) is 2.30. The Morgan fingerprint density at radius 3 is 3.00 bits per heavy atom. The molecule has 0 radical (unpaired) electrons. The number of furan rings is 1. The minimum Gasteiger partial charge on any atom is -0.468 e. The van der Waals surface area contributed by atoms with Crippen LogP contribution in [-0.2, 0) is 5.75 Å². The monoisotopic (exact) mass is 239 g/mol. The standard InChI is InChI=1S/C11H10ClNOS/c1-8-3-5-14-10(8)7-15-11-6-9(12)2-4-13-11/h2-6H,7H2,1H3. The van der Waals surface area contributed by atoms with Gasteiger partial charge in [0.05, 0.1) is 17.0 Å². The third-order valence-electron chi connectivity index (χ3n) is 2.02. The van der Waals surface area contributed by atoms with Crippen LogP contribution in [0, 0.1) is 6.92 Å². The van der Waals surface area contributed by atoms with E-state index in [0.717, 1.165) is 16.5 Å². The molecule has 0 spiro atoms. The van der Waals surface area contributed by atoms with Gasteiger partial charge >= 0.3 is 0 Å². The molecule has 0 bridgehead atoms. The second-order valence-corrected chi connectivity index (χ2v) is 4.56. The van der Waals surface area contributed by atoms with Crippen LogP contribution in [0.2, 0.25) is 5.02 Å². The molecule has 2 aromatic rings. The summed E-state index contributed by atoms with van der Waals surface area (Å²) in [7, 11) is 0. The summed E-state index contributed by atoms with van der Waals surface area (Å²) in [5.74, 6) is 1.77.